The van der Waals surface area contributed by atoms with E-state index in [-0.39, 0.29) is 18.1 Å². The first kappa shape index (κ1) is 9.92. The van der Waals surface area contributed by atoms with Crippen LogP contribution in [0.4, 0.5) is 0 Å². The molecule has 0 radical (unpaired) electrons. The fraction of sp³-hybridized carbons (Fsp3) is 1.00. The van der Waals surface area contributed by atoms with Crippen LogP contribution < -0.4 is 5.73 Å². The Bertz CT molecular complexity index is 75.3. The second kappa shape index (κ2) is 4.69. The Morgan fingerprint density at radius 2 is 1.80 bits per heavy atom. The third kappa shape index (κ3) is 2.67. The average molecular weight is 145 g/mol. The Balaban J connectivity index is 3.69. The summed E-state index contributed by atoms with van der Waals surface area (Å²) in [5.74, 6) is 0.231. The SMILES string of the molecule is CCC(N)C(C)C(O)CC. The van der Waals surface area contributed by atoms with E-state index in [2.05, 4.69) is 0 Å². The minimum atomic E-state index is -0.227. The zero-order chi connectivity index (χ0) is 8.15. The molecule has 3 unspecified atom stereocenters. The molecule has 0 aliphatic carbocycles. The highest BCUT2D eigenvalue weighted by Gasteiger charge is 2.17. The molecule has 0 aromatic rings. The molecule has 2 nitrogen and oxygen atoms in total. The van der Waals surface area contributed by atoms with Gasteiger partial charge in [-0.2, -0.15) is 0 Å². The van der Waals surface area contributed by atoms with E-state index in [9.17, 15) is 5.11 Å². The lowest BCUT2D eigenvalue weighted by atomic mass is 9.93. The second-order valence-electron chi connectivity index (χ2n) is 2.91. The van der Waals surface area contributed by atoms with Gasteiger partial charge in [0.05, 0.1) is 6.10 Å². The zero-order valence-electron chi connectivity index (χ0n) is 7.17. The van der Waals surface area contributed by atoms with Crippen molar-refractivity contribution in [2.24, 2.45) is 11.7 Å². The van der Waals surface area contributed by atoms with Crippen molar-refractivity contribution in [2.45, 2.75) is 45.8 Å². The molecular formula is C8H19NO. The van der Waals surface area contributed by atoms with Crippen LogP contribution in [0.5, 0.6) is 0 Å². The average Bonchev–Trinajstić information content (AvgIpc) is 2.00. The monoisotopic (exact) mass is 145 g/mol. The molecule has 62 valence electrons. The van der Waals surface area contributed by atoms with Crippen molar-refractivity contribution in [1.82, 2.24) is 0 Å². The first-order valence-corrected chi connectivity index (χ1v) is 4.07. The summed E-state index contributed by atoms with van der Waals surface area (Å²) in [7, 11) is 0. The van der Waals surface area contributed by atoms with E-state index in [4.69, 9.17) is 5.73 Å². The lowest BCUT2D eigenvalue weighted by molar-refractivity contribution is 0.0977. The van der Waals surface area contributed by atoms with Gasteiger partial charge in [-0.15, -0.1) is 0 Å². The largest absolute Gasteiger partial charge is 0.393 e. The Hall–Kier alpha value is -0.0800. The van der Waals surface area contributed by atoms with Gasteiger partial charge in [0.15, 0.2) is 0 Å². The Labute approximate surface area is 63.4 Å². The van der Waals surface area contributed by atoms with Gasteiger partial charge in [0, 0.05) is 6.04 Å². The molecular weight excluding hydrogens is 126 g/mol. The summed E-state index contributed by atoms with van der Waals surface area (Å²) in [6, 6.07) is 0.148. The predicted octanol–water partition coefficient (Wildman–Crippen LogP) is 1.13. The molecule has 0 amide bonds. The molecule has 0 aliphatic heterocycles. The minimum absolute atomic E-state index is 0.148. The summed E-state index contributed by atoms with van der Waals surface area (Å²) in [5, 5.41) is 9.35. The van der Waals surface area contributed by atoms with Gasteiger partial charge < -0.3 is 10.8 Å². The summed E-state index contributed by atoms with van der Waals surface area (Å²) in [4.78, 5) is 0. The molecule has 0 heterocycles. The molecule has 3 atom stereocenters. The first-order valence-electron chi connectivity index (χ1n) is 4.07. The van der Waals surface area contributed by atoms with Gasteiger partial charge >= 0.3 is 0 Å². The maximum Gasteiger partial charge on any atom is 0.0577 e. The predicted molar refractivity (Wildman–Crippen MR) is 43.7 cm³/mol. The molecule has 0 fully saturated rings. The second-order valence-corrected chi connectivity index (χ2v) is 2.91. The van der Waals surface area contributed by atoms with Crippen molar-refractivity contribution in [3.8, 4) is 0 Å². The lowest BCUT2D eigenvalue weighted by Gasteiger charge is -2.22. The number of hydrogen-bond donors (Lipinski definition) is 2. The smallest absolute Gasteiger partial charge is 0.0577 e. The maximum absolute atomic E-state index is 9.35. The summed E-state index contributed by atoms with van der Waals surface area (Å²) >= 11 is 0. The molecule has 0 aromatic heterocycles. The summed E-state index contributed by atoms with van der Waals surface area (Å²) in [5.41, 5.74) is 5.73. The van der Waals surface area contributed by atoms with Crippen LogP contribution in [0.2, 0.25) is 0 Å². The molecule has 2 heteroatoms. The van der Waals surface area contributed by atoms with E-state index in [1.54, 1.807) is 0 Å². The number of hydrogen-bond acceptors (Lipinski definition) is 2. The number of aliphatic hydroxyl groups excluding tert-OH is 1. The van der Waals surface area contributed by atoms with Crippen LogP contribution in [0.1, 0.15) is 33.6 Å². The van der Waals surface area contributed by atoms with Gasteiger partial charge in [0.1, 0.15) is 0 Å². The topological polar surface area (TPSA) is 46.2 Å². The summed E-state index contributed by atoms with van der Waals surface area (Å²) in [6.07, 6.45) is 1.52. The standard InChI is InChI=1S/C8H19NO/c1-4-7(9)6(3)8(10)5-2/h6-8,10H,4-5,9H2,1-3H3. The first-order chi connectivity index (χ1) is 4.63. The fourth-order valence-corrected chi connectivity index (χ4v) is 1.03. The van der Waals surface area contributed by atoms with Crippen LogP contribution in [0.25, 0.3) is 0 Å². The van der Waals surface area contributed by atoms with E-state index in [0.29, 0.717) is 0 Å². The van der Waals surface area contributed by atoms with E-state index in [1.165, 1.54) is 0 Å². The van der Waals surface area contributed by atoms with Gasteiger partial charge in [-0.25, -0.2) is 0 Å². The van der Waals surface area contributed by atoms with Gasteiger partial charge in [-0.1, -0.05) is 20.8 Å². The highest BCUT2D eigenvalue weighted by molar-refractivity contribution is 4.73. The van der Waals surface area contributed by atoms with Crippen molar-refractivity contribution in [3.05, 3.63) is 0 Å². The molecule has 0 aromatic carbocycles. The third-order valence-corrected chi connectivity index (χ3v) is 2.17. The van der Waals surface area contributed by atoms with Crippen LogP contribution >= 0.6 is 0 Å². The zero-order valence-corrected chi connectivity index (χ0v) is 7.17. The van der Waals surface area contributed by atoms with E-state index < -0.39 is 0 Å². The molecule has 0 saturated carbocycles. The quantitative estimate of drug-likeness (QED) is 0.623. The normalized spacial score (nSPS) is 20.1. The Morgan fingerprint density at radius 1 is 1.30 bits per heavy atom. The number of aliphatic hydroxyl groups is 1. The minimum Gasteiger partial charge on any atom is -0.393 e. The van der Waals surface area contributed by atoms with Gasteiger partial charge in [-0.3, -0.25) is 0 Å². The van der Waals surface area contributed by atoms with E-state index in [0.717, 1.165) is 12.8 Å². The van der Waals surface area contributed by atoms with Crippen molar-refractivity contribution in [2.75, 3.05) is 0 Å². The van der Waals surface area contributed by atoms with Gasteiger partial charge in [-0.05, 0) is 18.8 Å². The van der Waals surface area contributed by atoms with Gasteiger partial charge in [0.25, 0.3) is 0 Å². The Morgan fingerprint density at radius 3 is 2.10 bits per heavy atom. The van der Waals surface area contributed by atoms with Crippen molar-refractivity contribution >= 4 is 0 Å². The molecule has 10 heavy (non-hydrogen) atoms. The van der Waals surface area contributed by atoms with Gasteiger partial charge in [0.2, 0.25) is 0 Å². The molecule has 0 bridgehead atoms. The molecule has 0 aliphatic rings. The number of nitrogens with two attached hydrogens (primary N) is 1. The third-order valence-electron chi connectivity index (χ3n) is 2.17. The Kier molecular flexibility index (Phi) is 4.65. The molecule has 0 saturated heterocycles. The highest BCUT2D eigenvalue weighted by atomic mass is 16.3. The molecule has 0 spiro atoms. The van der Waals surface area contributed by atoms with Crippen LogP contribution in [-0.2, 0) is 0 Å². The van der Waals surface area contributed by atoms with Crippen molar-refractivity contribution < 1.29 is 5.11 Å². The van der Waals surface area contributed by atoms with E-state index >= 15 is 0 Å². The molecule has 0 rings (SSSR count). The molecule has 3 N–H and O–H groups in total. The fourth-order valence-electron chi connectivity index (χ4n) is 1.03. The van der Waals surface area contributed by atoms with Crippen LogP contribution in [-0.4, -0.2) is 17.3 Å². The van der Waals surface area contributed by atoms with Crippen molar-refractivity contribution in [3.63, 3.8) is 0 Å². The van der Waals surface area contributed by atoms with Crippen LogP contribution in [0.15, 0.2) is 0 Å². The highest BCUT2D eigenvalue weighted by Crippen LogP contribution is 2.11. The van der Waals surface area contributed by atoms with Crippen LogP contribution in [0.3, 0.4) is 0 Å². The lowest BCUT2D eigenvalue weighted by Crippen LogP contribution is -2.35. The summed E-state index contributed by atoms with van der Waals surface area (Å²) < 4.78 is 0. The van der Waals surface area contributed by atoms with Crippen molar-refractivity contribution in [1.29, 1.82) is 0 Å². The van der Waals surface area contributed by atoms with E-state index in [1.807, 2.05) is 20.8 Å². The number of rotatable bonds is 4. The summed E-state index contributed by atoms with van der Waals surface area (Å²) in [6.45, 7) is 6.02. The maximum atomic E-state index is 9.35. The van der Waals surface area contributed by atoms with Crippen LogP contribution in [0, 0.1) is 5.92 Å².